The first-order valence-corrected chi connectivity index (χ1v) is 6.64. The first kappa shape index (κ1) is 11.1. The van der Waals surface area contributed by atoms with Crippen molar-refractivity contribution in [2.24, 2.45) is 0 Å². The van der Waals surface area contributed by atoms with Crippen molar-refractivity contribution < 1.29 is 0 Å². The van der Waals surface area contributed by atoms with Crippen LogP contribution < -0.4 is 0 Å². The Morgan fingerprint density at radius 1 is 1.40 bits per heavy atom. The van der Waals surface area contributed by atoms with Crippen LogP contribution in [0.15, 0.2) is 22.0 Å². The predicted molar refractivity (Wildman–Crippen MR) is 70.5 cm³/mol. The van der Waals surface area contributed by atoms with Gasteiger partial charge in [0.05, 0.1) is 20.1 Å². The lowest BCUT2D eigenvalue weighted by atomic mass is 10.3. The third-order valence-corrected chi connectivity index (χ3v) is 3.80. The minimum absolute atomic E-state index is 0.571. The fourth-order valence-corrected chi connectivity index (χ4v) is 2.77. The van der Waals surface area contributed by atoms with Gasteiger partial charge in [-0.1, -0.05) is 0 Å². The topological polar surface area (TPSA) is 25.8 Å². The van der Waals surface area contributed by atoms with E-state index < -0.39 is 0 Å². The molecule has 5 heteroatoms. The predicted octanol–water partition coefficient (Wildman–Crippen LogP) is 3.71. The van der Waals surface area contributed by atoms with Gasteiger partial charge in [0.2, 0.25) is 0 Å². The molecule has 2 heterocycles. The van der Waals surface area contributed by atoms with Gasteiger partial charge in [0.15, 0.2) is 0 Å². The molecule has 2 rings (SSSR count). The van der Waals surface area contributed by atoms with Crippen LogP contribution in [0, 0.1) is 6.92 Å². The molecule has 0 spiro atoms. The molecule has 0 aliphatic rings. The van der Waals surface area contributed by atoms with Crippen LogP contribution in [-0.2, 0) is 5.75 Å². The van der Waals surface area contributed by atoms with Crippen LogP contribution in [0.4, 0.5) is 0 Å². The van der Waals surface area contributed by atoms with Crippen molar-refractivity contribution in [2.45, 2.75) is 12.7 Å². The van der Waals surface area contributed by atoms with Crippen LogP contribution in [0.1, 0.15) is 11.5 Å². The Morgan fingerprint density at radius 3 is 2.80 bits per heavy atom. The Morgan fingerprint density at radius 2 is 2.20 bits per heavy atom. The van der Waals surface area contributed by atoms with Crippen LogP contribution in [-0.4, -0.2) is 9.97 Å². The minimum Gasteiger partial charge on any atom is -0.237 e. The van der Waals surface area contributed by atoms with E-state index in [1.165, 1.54) is 0 Å². The van der Waals surface area contributed by atoms with E-state index >= 15 is 0 Å². The van der Waals surface area contributed by atoms with E-state index in [0.717, 1.165) is 25.9 Å². The summed E-state index contributed by atoms with van der Waals surface area (Å²) in [6.07, 6.45) is 0. The zero-order valence-corrected chi connectivity index (χ0v) is 11.4. The highest BCUT2D eigenvalue weighted by molar-refractivity contribution is 9.11. The number of hydrogen-bond acceptors (Lipinski definition) is 4. The summed E-state index contributed by atoms with van der Waals surface area (Å²) in [5, 5.41) is 0. The Bertz CT molecular complexity index is 482. The van der Waals surface area contributed by atoms with Crippen molar-refractivity contribution in [3.05, 3.63) is 33.5 Å². The molecule has 0 aliphatic heterocycles. The second-order valence-electron chi connectivity index (χ2n) is 3.07. The molecule has 0 fully saturated rings. The zero-order valence-electron chi connectivity index (χ0n) is 8.07. The molecule has 0 aromatic carbocycles. The summed E-state index contributed by atoms with van der Waals surface area (Å²) in [5.41, 5.74) is 1.95. The Kier molecular flexibility index (Phi) is 3.43. The minimum atomic E-state index is 0.571. The molecular formula is C10H9BrN2S2. The molecule has 0 radical (unpaired) electrons. The summed E-state index contributed by atoms with van der Waals surface area (Å²) < 4.78 is 1.11. The van der Waals surface area contributed by atoms with Crippen LogP contribution in [0.25, 0.3) is 10.6 Å². The number of hydrogen-bond donors (Lipinski definition) is 1. The molecule has 0 bridgehead atoms. The van der Waals surface area contributed by atoms with E-state index in [4.69, 9.17) is 0 Å². The van der Waals surface area contributed by atoms with Gasteiger partial charge in [0.25, 0.3) is 0 Å². The lowest BCUT2D eigenvalue weighted by Crippen LogP contribution is -1.95. The Hall–Kier alpha value is -0.390. The van der Waals surface area contributed by atoms with Crippen molar-refractivity contribution in [1.29, 1.82) is 0 Å². The van der Waals surface area contributed by atoms with Crippen molar-refractivity contribution in [3.63, 3.8) is 0 Å². The Labute approximate surface area is 106 Å². The van der Waals surface area contributed by atoms with Gasteiger partial charge in [-0.2, -0.15) is 12.6 Å². The quantitative estimate of drug-likeness (QED) is 0.856. The smallest absolute Gasteiger partial charge is 0.138 e. The highest BCUT2D eigenvalue weighted by atomic mass is 79.9. The number of rotatable bonds is 2. The van der Waals surface area contributed by atoms with Crippen molar-refractivity contribution in [1.82, 2.24) is 9.97 Å². The molecule has 0 N–H and O–H groups in total. The first-order valence-electron chi connectivity index (χ1n) is 4.40. The van der Waals surface area contributed by atoms with Crippen LogP contribution in [0.3, 0.4) is 0 Å². The van der Waals surface area contributed by atoms with E-state index in [-0.39, 0.29) is 0 Å². The van der Waals surface area contributed by atoms with Gasteiger partial charge < -0.3 is 0 Å². The summed E-state index contributed by atoms with van der Waals surface area (Å²) in [6, 6.07) is 6.07. The molecule has 2 aromatic rings. The van der Waals surface area contributed by atoms with Crippen LogP contribution in [0.5, 0.6) is 0 Å². The average molecular weight is 301 g/mol. The van der Waals surface area contributed by atoms with E-state index in [1.54, 1.807) is 11.3 Å². The molecule has 15 heavy (non-hydrogen) atoms. The van der Waals surface area contributed by atoms with E-state index in [1.807, 2.05) is 19.1 Å². The van der Waals surface area contributed by atoms with E-state index in [2.05, 4.69) is 44.6 Å². The standard InChI is InChI=1S/C10H9BrN2S2/c1-6-4-7(13-10(5-14)12-6)8-2-3-9(11)15-8/h2-4,14H,5H2,1H3. The summed E-state index contributed by atoms with van der Waals surface area (Å²) >= 11 is 9.31. The maximum atomic E-state index is 4.44. The lowest BCUT2D eigenvalue weighted by molar-refractivity contribution is 1.00. The number of thiophene rings is 1. The second kappa shape index (κ2) is 4.63. The second-order valence-corrected chi connectivity index (χ2v) is 5.85. The van der Waals surface area contributed by atoms with Gasteiger partial charge in [0, 0.05) is 5.69 Å². The van der Waals surface area contributed by atoms with Gasteiger partial charge in [-0.15, -0.1) is 11.3 Å². The maximum Gasteiger partial charge on any atom is 0.138 e. The van der Waals surface area contributed by atoms with Crippen molar-refractivity contribution >= 4 is 39.9 Å². The molecule has 2 aromatic heterocycles. The highest BCUT2D eigenvalue weighted by Crippen LogP contribution is 2.30. The Balaban J connectivity index is 2.48. The third-order valence-electron chi connectivity index (χ3n) is 1.87. The lowest BCUT2D eigenvalue weighted by Gasteiger charge is -2.01. The fraction of sp³-hybridized carbons (Fsp3) is 0.200. The zero-order chi connectivity index (χ0) is 10.8. The SMILES string of the molecule is Cc1cc(-c2ccc(Br)s2)nc(CS)n1. The van der Waals surface area contributed by atoms with E-state index in [9.17, 15) is 0 Å². The number of halogens is 1. The fourth-order valence-electron chi connectivity index (χ4n) is 1.28. The van der Waals surface area contributed by atoms with Gasteiger partial charge >= 0.3 is 0 Å². The van der Waals surface area contributed by atoms with Crippen LogP contribution in [0.2, 0.25) is 0 Å². The summed E-state index contributed by atoms with van der Waals surface area (Å²) in [6.45, 7) is 1.97. The van der Waals surface area contributed by atoms with Crippen molar-refractivity contribution in [3.8, 4) is 10.6 Å². The van der Waals surface area contributed by atoms with Crippen molar-refractivity contribution in [2.75, 3.05) is 0 Å². The third kappa shape index (κ3) is 2.59. The monoisotopic (exact) mass is 300 g/mol. The summed E-state index contributed by atoms with van der Waals surface area (Å²) in [7, 11) is 0. The van der Waals surface area contributed by atoms with Crippen LogP contribution >= 0.6 is 39.9 Å². The molecule has 0 amide bonds. The highest BCUT2D eigenvalue weighted by Gasteiger charge is 2.05. The van der Waals surface area contributed by atoms with E-state index in [0.29, 0.717) is 5.75 Å². The van der Waals surface area contributed by atoms with Gasteiger partial charge in [-0.25, -0.2) is 9.97 Å². The number of aryl methyl sites for hydroxylation is 1. The molecule has 78 valence electrons. The van der Waals surface area contributed by atoms with Gasteiger partial charge in [-0.3, -0.25) is 0 Å². The molecule has 0 saturated heterocycles. The summed E-state index contributed by atoms with van der Waals surface area (Å²) in [4.78, 5) is 9.88. The normalized spacial score (nSPS) is 10.6. The molecular weight excluding hydrogens is 292 g/mol. The summed E-state index contributed by atoms with van der Waals surface area (Å²) in [5.74, 6) is 1.35. The number of nitrogens with zero attached hydrogens (tertiary/aromatic N) is 2. The maximum absolute atomic E-state index is 4.44. The average Bonchev–Trinajstić information content (AvgIpc) is 2.64. The largest absolute Gasteiger partial charge is 0.237 e. The number of thiol groups is 1. The van der Waals surface area contributed by atoms with Gasteiger partial charge in [-0.05, 0) is 41.1 Å². The molecule has 0 atom stereocenters. The number of aromatic nitrogens is 2. The van der Waals surface area contributed by atoms with Gasteiger partial charge in [0.1, 0.15) is 5.82 Å². The molecule has 0 aliphatic carbocycles. The molecule has 0 unspecified atom stereocenters. The molecule has 0 saturated carbocycles. The molecule has 2 nitrogen and oxygen atoms in total. The first-order chi connectivity index (χ1) is 7.19.